The van der Waals surface area contributed by atoms with Crippen molar-refractivity contribution in [2.24, 2.45) is 17.8 Å². The highest BCUT2D eigenvalue weighted by Gasteiger charge is 2.42. The summed E-state index contributed by atoms with van der Waals surface area (Å²) in [6, 6.07) is 0. The van der Waals surface area contributed by atoms with E-state index in [2.05, 4.69) is 12.2 Å². The Morgan fingerprint density at radius 1 is 1.44 bits per heavy atom. The quantitative estimate of drug-likeness (QED) is 0.740. The van der Waals surface area contributed by atoms with E-state index in [-0.39, 0.29) is 11.3 Å². The monoisotopic (exact) mass is 243 g/mol. The third-order valence-electron chi connectivity index (χ3n) is 4.27. The number of carbonyl (C=O) groups is 1. The summed E-state index contributed by atoms with van der Waals surface area (Å²) < 4.78 is 0. The van der Waals surface area contributed by atoms with E-state index in [0.717, 1.165) is 31.7 Å². The molecule has 2 aliphatic carbocycles. The highest BCUT2D eigenvalue weighted by atomic mass is 35.5. The van der Waals surface area contributed by atoms with Crippen molar-refractivity contribution in [2.45, 2.75) is 50.8 Å². The van der Waals surface area contributed by atoms with Gasteiger partial charge in [-0.3, -0.25) is 4.79 Å². The number of hydrogen-bond donors (Lipinski definition) is 1. The minimum absolute atomic E-state index is 0.209. The molecule has 3 heteroatoms. The molecule has 2 nitrogen and oxygen atoms in total. The van der Waals surface area contributed by atoms with Crippen LogP contribution in [0.15, 0.2) is 0 Å². The summed E-state index contributed by atoms with van der Waals surface area (Å²) in [7, 11) is 0. The molecule has 0 aliphatic heterocycles. The van der Waals surface area contributed by atoms with Crippen LogP contribution in [-0.2, 0) is 4.79 Å². The number of halogens is 1. The first-order valence-corrected chi connectivity index (χ1v) is 7.06. The molecule has 0 aromatic rings. The zero-order chi connectivity index (χ0) is 11.5. The maximum Gasteiger partial charge on any atom is 0.223 e. The molecule has 16 heavy (non-hydrogen) atoms. The molecule has 4 unspecified atom stereocenters. The smallest absolute Gasteiger partial charge is 0.223 e. The van der Waals surface area contributed by atoms with Crippen LogP contribution in [0.5, 0.6) is 0 Å². The molecule has 0 radical (unpaired) electrons. The van der Waals surface area contributed by atoms with E-state index >= 15 is 0 Å². The fourth-order valence-electron chi connectivity index (χ4n) is 3.25. The van der Waals surface area contributed by atoms with Gasteiger partial charge in [0.05, 0.1) is 0 Å². The van der Waals surface area contributed by atoms with E-state index in [1.165, 1.54) is 19.3 Å². The van der Waals surface area contributed by atoms with Crippen molar-refractivity contribution in [2.75, 3.05) is 6.54 Å². The Hall–Kier alpha value is -0.240. The molecule has 2 fully saturated rings. The summed E-state index contributed by atoms with van der Waals surface area (Å²) in [5, 5.41) is 3.26. The molecule has 1 N–H and O–H groups in total. The Morgan fingerprint density at radius 2 is 2.25 bits per heavy atom. The molecule has 0 spiro atoms. The maximum absolute atomic E-state index is 12.0. The number of amides is 1. The largest absolute Gasteiger partial charge is 0.356 e. The second-order valence-corrected chi connectivity index (χ2v) is 5.98. The van der Waals surface area contributed by atoms with Crippen LogP contribution in [0.2, 0.25) is 0 Å². The van der Waals surface area contributed by atoms with Crippen molar-refractivity contribution in [3.63, 3.8) is 0 Å². The second-order valence-electron chi connectivity index (χ2n) is 5.37. The second kappa shape index (κ2) is 5.39. The first-order valence-electron chi connectivity index (χ1n) is 6.62. The fourth-order valence-corrected chi connectivity index (χ4v) is 3.36. The van der Waals surface area contributed by atoms with Gasteiger partial charge in [0.1, 0.15) is 0 Å². The Kier molecular flexibility index (Phi) is 4.12. The Labute approximate surface area is 103 Å². The molecule has 2 bridgehead atoms. The van der Waals surface area contributed by atoms with Gasteiger partial charge in [0, 0.05) is 17.8 Å². The van der Waals surface area contributed by atoms with Gasteiger partial charge in [0.15, 0.2) is 0 Å². The Morgan fingerprint density at radius 3 is 2.81 bits per heavy atom. The lowest BCUT2D eigenvalue weighted by atomic mass is 9.88. The topological polar surface area (TPSA) is 29.1 Å². The zero-order valence-corrected chi connectivity index (χ0v) is 10.8. The number of carbonyl (C=O) groups excluding carboxylic acids is 1. The minimum Gasteiger partial charge on any atom is -0.356 e. The molecule has 4 atom stereocenters. The summed E-state index contributed by atoms with van der Waals surface area (Å²) >= 11 is 6.02. The van der Waals surface area contributed by atoms with Gasteiger partial charge >= 0.3 is 0 Å². The highest BCUT2D eigenvalue weighted by molar-refractivity contribution is 6.20. The first-order chi connectivity index (χ1) is 7.70. The van der Waals surface area contributed by atoms with E-state index < -0.39 is 0 Å². The normalized spacial score (nSPS) is 34.0. The summed E-state index contributed by atoms with van der Waals surface area (Å²) in [4.78, 5) is 12.0. The van der Waals surface area contributed by atoms with Crippen LogP contribution in [0.1, 0.15) is 45.4 Å². The van der Waals surface area contributed by atoms with Gasteiger partial charge in [-0.2, -0.15) is 0 Å². The van der Waals surface area contributed by atoms with Crippen LogP contribution in [0.25, 0.3) is 0 Å². The van der Waals surface area contributed by atoms with Crippen molar-refractivity contribution in [3.05, 3.63) is 0 Å². The zero-order valence-electron chi connectivity index (χ0n) is 10.0. The van der Waals surface area contributed by atoms with Crippen LogP contribution in [-0.4, -0.2) is 17.8 Å². The van der Waals surface area contributed by atoms with Crippen LogP contribution in [0, 0.1) is 17.8 Å². The van der Waals surface area contributed by atoms with Crippen LogP contribution >= 0.6 is 11.6 Å². The molecule has 2 aliphatic rings. The van der Waals surface area contributed by atoms with E-state index in [1.54, 1.807) is 0 Å². The number of alkyl halides is 1. The number of hydrogen-bond acceptors (Lipinski definition) is 1. The highest BCUT2D eigenvalue weighted by Crippen LogP contribution is 2.48. The third-order valence-corrected chi connectivity index (χ3v) is 4.80. The number of rotatable bonds is 5. The maximum atomic E-state index is 12.0. The Balaban J connectivity index is 1.68. The van der Waals surface area contributed by atoms with Gasteiger partial charge in [0.2, 0.25) is 5.91 Å². The lowest BCUT2D eigenvalue weighted by molar-refractivity contribution is -0.126. The van der Waals surface area contributed by atoms with Gasteiger partial charge < -0.3 is 5.32 Å². The molecule has 0 saturated heterocycles. The van der Waals surface area contributed by atoms with Crippen LogP contribution in [0.3, 0.4) is 0 Å². The number of nitrogens with one attached hydrogen (secondary N) is 1. The summed E-state index contributed by atoms with van der Waals surface area (Å²) in [6.07, 6.45) is 6.93. The number of fused-ring (bicyclic) bond motifs is 2. The van der Waals surface area contributed by atoms with Crippen molar-refractivity contribution < 1.29 is 4.79 Å². The van der Waals surface area contributed by atoms with Gasteiger partial charge in [0.25, 0.3) is 0 Å². The lowest BCUT2D eigenvalue weighted by Gasteiger charge is -2.21. The van der Waals surface area contributed by atoms with E-state index in [4.69, 9.17) is 11.6 Å². The lowest BCUT2D eigenvalue weighted by Crippen LogP contribution is -2.34. The van der Waals surface area contributed by atoms with E-state index in [9.17, 15) is 4.79 Å². The average molecular weight is 244 g/mol. The third kappa shape index (κ3) is 2.71. The molecular weight excluding hydrogens is 222 g/mol. The molecule has 0 aromatic heterocycles. The van der Waals surface area contributed by atoms with Crippen LogP contribution < -0.4 is 5.32 Å². The molecule has 1 amide bonds. The molecular formula is C13H22ClNO. The van der Waals surface area contributed by atoms with E-state index in [1.807, 2.05) is 0 Å². The van der Waals surface area contributed by atoms with Crippen molar-refractivity contribution in [3.8, 4) is 0 Å². The Bertz CT molecular complexity index is 256. The van der Waals surface area contributed by atoms with Crippen molar-refractivity contribution in [1.29, 1.82) is 0 Å². The van der Waals surface area contributed by atoms with Crippen molar-refractivity contribution in [1.82, 2.24) is 5.32 Å². The average Bonchev–Trinajstić information content (AvgIpc) is 2.90. The van der Waals surface area contributed by atoms with Crippen LogP contribution in [0.4, 0.5) is 0 Å². The SMILES string of the molecule is CCC(Cl)CCNC(=O)C1CC2CCC1C2. The summed E-state index contributed by atoms with van der Waals surface area (Å²) in [5.74, 6) is 2.13. The molecule has 2 saturated carbocycles. The van der Waals surface area contributed by atoms with E-state index in [0.29, 0.717) is 11.8 Å². The first kappa shape index (κ1) is 12.2. The molecule has 0 heterocycles. The van der Waals surface area contributed by atoms with Gasteiger partial charge in [-0.1, -0.05) is 13.3 Å². The van der Waals surface area contributed by atoms with Gasteiger partial charge in [-0.25, -0.2) is 0 Å². The van der Waals surface area contributed by atoms with Crippen molar-refractivity contribution >= 4 is 17.5 Å². The molecule has 92 valence electrons. The minimum atomic E-state index is 0.209. The molecule has 0 aromatic carbocycles. The predicted octanol–water partition coefficient (Wildman–Crippen LogP) is 2.95. The van der Waals surface area contributed by atoms with Gasteiger partial charge in [-0.05, 0) is 43.9 Å². The summed E-state index contributed by atoms with van der Waals surface area (Å²) in [5.41, 5.74) is 0. The fraction of sp³-hybridized carbons (Fsp3) is 0.923. The predicted molar refractivity (Wildman–Crippen MR) is 66.5 cm³/mol. The summed E-state index contributed by atoms with van der Waals surface area (Å²) in [6.45, 7) is 2.82. The standard InChI is InChI=1S/C13H22ClNO/c1-2-11(14)5-6-15-13(16)12-8-9-3-4-10(12)7-9/h9-12H,2-8H2,1H3,(H,15,16). The molecule has 2 rings (SSSR count). The van der Waals surface area contributed by atoms with Gasteiger partial charge in [-0.15, -0.1) is 11.6 Å².